The second-order valence-electron chi connectivity index (χ2n) is 3.34. The van der Waals surface area contributed by atoms with Crippen molar-refractivity contribution in [1.82, 2.24) is 9.55 Å². The average molecular weight is 232 g/mol. The van der Waals surface area contributed by atoms with Crippen LogP contribution >= 0.6 is 11.6 Å². The molecule has 3 nitrogen and oxygen atoms in total. The van der Waals surface area contributed by atoms with E-state index in [-0.39, 0.29) is 0 Å². The number of imidazole rings is 1. The number of benzene rings is 1. The fourth-order valence-electron chi connectivity index (χ4n) is 1.62. The molecule has 0 unspecified atom stereocenters. The van der Waals surface area contributed by atoms with Crippen LogP contribution in [0.2, 0.25) is 5.02 Å². The third-order valence-electron chi connectivity index (χ3n) is 2.37. The molecule has 0 saturated heterocycles. The van der Waals surface area contributed by atoms with E-state index in [1.807, 2.05) is 23.8 Å². The summed E-state index contributed by atoms with van der Waals surface area (Å²) in [6.45, 7) is 2.03. The van der Waals surface area contributed by atoms with E-state index in [0.29, 0.717) is 10.6 Å². The second-order valence-corrected chi connectivity index (χ2v) is 3.78. The number of nitriles is 1. The smallest absolute Gasteiger partial charge is 0.112 e. The van der Waals surface area contributed by atoms with Crippen molar-refractivity contribution in [3.05, 3.63) is 47.0 Å². The maximum absolute atomic E-state index is 9.06. The van der Waals surface area contributed by atoms with E-state index in [1.165, 1.54) is 0 Å². The van der Waals surface area contributed by atoms with Crippen molar-refractivity contribution in [2.24, 2.45) is 0 Å². The topological polar surface area (TPSA) is 41.6 Å². The summed E-state index contributed by atoms with van der Waals surface area (Å²) in [5.41, 5.74) is 1.38. The summed E-state index contributed by atoms with van der Waals surface area (Å²) in [4.78, 5) is 4.23. The fourth-order valence-corrected chi connectivity index (χ4v) is 1.80. The number of halogens is 1. The zero-order chi connectivity index (χ0) is 11.5. The molecule has 1 heterocycles. The zero-order valence-electron chi connectivity index (χ0n) is 8.81. The molecule has 0 spiro atoms. The van der Waals surface area contributed by atoms with Gasteiger partial charge in [-0.1, -0.05) is 18.5 Å². The Kier molecular flexibility index (Phi) is 2.93. The molecule has 0 aliphatic heterocycles. The minimum absolute atomic E-state index is 0.556. The van der Waals surface area contributed by atoms with E-state index in [9.17, 15) is 0 Å². The molecule has 0 N–H and O–H groups in total. The SMILES string of the molecule is CCc1nccn1-c1ccc(Cl)cc1C#N. The molecule has 0 aliphatic rings. The molecule has 1 aromatic heterocycles. The molecule has 1 aromatic carbocycles. The molecular weight excluding hydrogens is 222 g/mol. The molecule has 0 atom stereocenters. The molecule has 16 heavy (non-hydrogen) atoms. The van der Waals surface area contributed by atoms with E-state index >= 15 is 0 Å². The Bertz CT molecular complexity index is 552. The van der Waals surface area contributed by atoms with Crippen molar-refractivity contribution < 1.29 is 0 Å². The first kappa shape index (κ1) is 10.7. The maximum atomic E-state index is 9.06. The van der Waals surface area contributed by atoms with Crippen LogP contribution in [0.3, 0.4) is 0 Å². The summed E-state index contributed by atoms with van der Waals surface area (Å²) in [6.07, 6.45) is 4.40. The Balaban J connectivity index is 2.61. The minimum atomic E-state index is 0.556. The van der Waals surface area contributed by atoms with Crippen molar-refractivity contribution in [1.29, 1.82) is 5.26 Å². The first-order chi connectivity index (χ1) is 7.76. The summed E-state index contributed by atoms with van der Waals surface area (Å²) < 4.78 is 1.91. The number of aromatic nitrogens is 2. The highest BCUT2D eigenvalue weighted by Crippen LogP contribution is 2.20. The van der Waals surface area contributed by atoms with Crippen molar-refractivity contribution in [2.45, 2.75) is 13.3 Å². The molecular formula is C12H10ClN3. The van der Waals surface area contributed by atoms with Crippen LogP contribution in [0.25, 0.3) is 5.69 Å². The molecule has 2 rings (SSSR count). The molecule has 80 valence electrons. The predicted molar refractivity (Wildman–Crippen MR) is 62.7 cm³/mol. The Morgan fingerprint density at radius 2 is 2.31 bits per heavy atom. The summed E-state index contributed by atoms with van der Waals surface area (Å²) in [6, 6.07) is 7.42. The van der Waals surface area contributed by atoms with Gasteiger partial charge in [0.2, 0.25) is 0 Å². The van der Waals surface area contributed by atoms with Crippen molar-refractivity contribution in [3.8, 4) is 11.8 Å². The van der Waals surface area contributed by atoms with Gasteiger partial charge in [-0.2, -0.15) is 5.26 Å². The van der Waals surface area contributed by atoms with E-state index in [1.54, 1.807) is 18.3 Å². The number of rotatable bonds is 2. The van der Waals surface area contributed by atoms with Crippen LogP contribution in [-0.2, 0) is 6.42 Å². The van der Waals surface area contributed by atoms with Gasteiger partial charge in [0.1, 0.15) is 11.9 Å². The molecule has 0 fully saturated rings. The van der Waals surface area contributed by atoms with Crippen LogP contribution in [-0.4, -0.2) is 9.55 Å². The summed E-state index contributed by atoms with van der Waals surface area (Å²) in [7, 11) is 0. The summed E-state index contributed by atoms with van der Waals surface area (Å²) in [5.74, 6) is 0.929. The Labute approximate surface area is 98.9 Å². The van der Waals surface area contributed by atoms with Crippen molar-refractivity contribution in [3.63, 3.8) is 0 Å². The first-order valence-electron chi connectivity index (χ1n) is 4.98. The van der Waals surface area contributed by atoms with Gasteiger partial charge in [-0.25, -0.2) is 4.98 Å². The van der Waals surface area contributed by atoms with Crippen LogP contribution in [0.1, 0.15) is 18.3 Å². The minimum Gasteiger partial charge on any atom is -0.302 e. The second kappa shape index (κ2) is 4.38. The zero-order valence-corrected chi connectivity index (χ0v) is 9.57. The third-order valence-corrected chi connectivity index (χ3v) is 2.61. The maximum Gasteiger partial charge on any atom is 0.112 e. The van der Waals surface area contributed by atoms with Gasteiger partial charge in [-0.15, -0.1) is 0 Å². The lowest BCUT2D eigenvalue weighted by Gasteiger charge is -2.08. The summed E-state index contributed by atoms with van der Waals surface area (Å²) in [5, 5.41) is 9.63. The number of hydrogen-bond acceptors (Lipinski definition) is 2. The van der Waals surface area contributed by atoms with Crippen LogP contribution in [0, 0.1) is 11.3 Å². The molecule has 0 aliphatic carbocycles. The summed E-state index contributed by atoms with van der Waals surface area (Å²) >= 11 is 5.85. The van der Waals surface area contributed by atoms with Gasteiger partial charge in [0.15, 0.2) is 0 Å². The Morgan fingerprint density at radius 3 is 3.00 bits per heavy atom. The fraction of sp³-hybridized carbons (Fsp3) is 0.167. The van der Waals surface area contributed by atoms with E-state index < -0.39 is 0 Å². The molecule has 0 saturated carbocycles. The molecule has 4 heteroatoms. The lowest BCUT2D eigenvalue weighted by atomic mass is 10.2. The quantitative estimate of drug-likeness (QED) is 0.798. The largest absolute Gasteiger partial charge is 0.302 e. The van der Waals surface area contributed by atoms with Gasteiger partial charge in [0.05, 0.1) is 11.3 Å². The Morgan fingerprint density at radius 1 is 1.50 bits per heavy atom. The van der Waals surface area contributed by atoms with Gasteiger partial charge in [-0.3, -0.25) is 0 Å². The number of aryl methyl sites for hydroxylation is 1. The van der Waals surface area contributed by atoms with Crippen molar-refractivity contribution in [2.75, 3.05) is 0 Å². The van der Waals surface area contributed by atoms with Gasteiger partial charge in [0, 0.05) is 23.8 Å². The molecule has 0 amide bonds. The van der Waals surface area contributed by atoms with Crippen molar-refractivity contribution >= 4 is 11.6 Å². The molecule has 0 bridgehead atoms. The molecule has 2 aromatic rings. The third kappa shape index (κ3) is 1.80. The monoisotopic (exact) mass is 231 g/mol. The van der Waals surface area contributed by atoms with Crippen LogP contribution in [0.15, 0.2) is 30.6 Å². The van der Waals surface area contributed by atoms with Gasteiger partial charge >= 0.3 is 0 Å². The van der Waals surface area contributed by atoms with Gasteiger partial charge < -0.3 is 4.57 Å². The lowest BCUT2D eigenvalue weighted by molar-refractivity contribution is 0.889. The highest BCUT2D eigenvalue weighted by atomic mass is 35.5. The number of hydrogen-bond donors (Lipinski definition) is 0. The van der Waals surface area contributed by atoms with E-state index in [2.05, 4.69) is 11.1 Å². The van der Waals surface area contributed by atoms with Crippen LogP contribution in [0.4, 0.5) is 0 Å². The van der Waals surface area contributed by atoms with E-state index in [0.717, 1.165) is 17.9 Å². The normalized spacial score (nSPS) is 10.1. The highest BCUT2D eigenvalue weighted by molar-refractivity contribution is 6.30. The average Bonchev–Trinajstić information content (AvgIpc) is 2.76. The van der Waals surface area contributed by atoms with Gasteiger partial charge in [-0.05, 0) is 18.2 Å². The van der Waals surface area contributed by atoms with Crippen LogP contribution < -0.4 is 0 Å². The van der Waals surface area contributed by atoms with E-state index in [4.69, 9.17) is 16.9 Å². The Hall–Kier alpha value is -1.79. The molecule has 0 radical (unpaired) electrons. The number of nitrogens with zero attached hydrogens (tertiary/aromatic N) is 3. The lowest BCUT2D eigenvalue weighted by Crippen LogP contribution is -2.01. The van der Waals surface area contributed by atoms with Crippen LogP contribution in [0.5, 0.6) is 0 Å². The van der Waals surface area contributed by atoms with Gasteiger partial charge in [0.25, 0.3) is 0 Å². The predicted octanol–water partition coefficient (Wildman–Crippen LogP) is 2.96. The standard InChI is InChI=1S/C12H10ClN3/c1-2-12-15-5-6-16(12)11-4-3-10(13)7-9(11)8-14/h3-7H,2H2,1H3. The highest BCUT2D eigenvalue weighted by Gasteiger charge is 2.08. The first-order valence-corrected chi connectivity index (χ1v) is 5.36.